The fourth-order valence-electron chi connectivity index (χ4n) is 6.39. The molecule has 0 bridgehead atoms. The highest BCUT2D eigenvalue weighted by Gasteiger charge is 2.47. The summed E-state index contributed by atoms with van der Waals surface area (Å²) < 4.78 is 30.0. The van der Waals surface area contributed by atoms with Gasteiger partial charge in [0.1, 0.15) is 11.4 Å². The number of nitrogens with zero attached hydrogens (tertiary/aromatic N) is 5. The molecule has 1 unspecified atom stereocenters. The van der Waals surface area contributed by atoms with Crippen molar-refractivity contribution in [2.75, 3.05) is 38.5 Å². The Labute approximate surface area is 217 Å². The summed E-state index contributed by atoms with van der Waals surface area (Å²) >= 11 is 0. The van der Waals surface area contributed by atoms with Crippen molar-refractivity contribution in [2.24, 2.45) is 5.92 Å². The molecule has 1 saturated heterocycles. The number of carbonyl (C=O) groups excluding carboxylic acids is 1. The van der Waals surface area contributed by atoms with Crippen LogP contribution in [0.15, 0.2) is 41.4 Å². The average Bonchev–Trinajstić information content (AvgIpc) is 3.26. The predicted octanol–water partition coefficient (Wildman–Crippen LogP) is 3.53. The predicted molar refractivity (Wildman–Crippen MR) is 142 cm³/mol. The van der Waals surface area contributed by atoms with E-state index in [-0.39, 0.29) is 16.4 Å². The average molecular weight is 523 g/mol. The molecule has 1 aromatic carbocycles. The zero-order chi connectivity index (χ0) is 25.8. The Hall–Kier alpha value is -2.82. The number of ketones is 1. The highest BCUT2D eigenvalue weighted by atomic mass is 32.2. The fraction of sp³-hybridized carbons (Fsp3) is 0.519. The van der Waals surface area contributed by atoms with Gasteiger partial charge in [0.15, 0.2) is 0 Å². The maximum Gasteiger partial charge on any atom is 0.243 e. The number of likely N-dealkylation sites (N-methyl/N-ethyl adjacent to an activating group) is 1. The highest BCUT2D eigenvalue weighted by Crippen LogP contribution is 2.47. The number of piperazine rings is 1. The van der Waals surface area contributed by atoms with Gasteiger partial charge in [-0.3, -0.25) is 4.79 Å². The van der Waals surface area contributed by atoms with E-state index in [2.05, 4.69) is 32.8 Å². The van der Waals surface area contributed by atoms with E-state index in [1.54, 1.807) is 28.6 Å². The lowest BCUT2D eigenvalue weighted by Crippen LogP contribution is -2.49. The maximum absolute atomic E-state index is 13.0. The van der Waals surface area contributed by atoms with Gasteiger partial charge in [-0.1, -0.05) is 26.2 Å². The third-order valence-electron chi connectivity index (χ3n) is 8.64. The Balaban J connectivity index is 1.28. The normalized spacial score (nSPS) is 22.9. The topological polar surface area (TPSA) is 100 Å². The SMILES string of the molecule is CC1C(=O)Cc2cc3cnc(Nc4ccc(S(=O)(=O)N5CCN(C)CC5)cc4)nc3n2C12CCCCC2. The number of Topliss-reactive ketones (excluding diaryl/α,β-unsaturated/α-hetero) is 1. The Bertz CT molecular complexity index is 1430. The number of hydrogen-bond acceptors (Lipinski definition) is 7. The number of carbonyl (C=O) groups is 1. The van der Waals surface area contributed by atoms with Gasteiger partial charge in [-0.25, -0.2) is 13.4 Å². The van der Waals surface area contributed by atoms with Crippen LogP contribution in [0.25, 0.3) is 11.0 Å². The number of anilines is 2. The van der Waals surface area contributed by atoms with E-state index in [4.69, 9.17) is 4.98 Å². The third-order valence-corrected chi connectivity index (χ3v) is 10.5. The van der Waals surface area contributed by atoms with Crippen LogP contribution in [0.5, 0.6) is 0 Å². The minimum atomic E-state index is -3.52. The standard InChI is InChI=1S/C27H34N6O3S/c1-19-24(34)17-22-16-20-18-28-26(30-25(20)33(22)27(19)10-4-3-5-11-27)29-21-6-8-23(9-7-21)37(35,36)32-14-12-31(2)13-15-32/h6-9,16,18-19H,3-5,10-15,17H2,1-2H3,(H,28,29,30). The smallest absolute Gasteiger partial charge is 0.243 e. The molecule has 1 aliphatic carbocycles. The van der Waals surface area contributed by atoms with Gasteiger partial charge in [-0.15, -0.1) is 0 Å². The molecule has 10 heteroatoms. The molecule has 2 aliphatic heterocycles. The van der Waals surface area contributed by atoms with Gasteiger partial charge in [0.05, 0.1) is 10.4 Å². The molecule has 3 aliphatic rings. The molecule has 1 N–H and O–H groups in total. The van der Waals surface area contributed by atoms with Crippen molar-refractivity contribution < 1.29 is 13.2 Å². The van der Waals surface area contributed by atoms with E-state index in [1.807, 2.05) is 13.2 Å². The monoisotopic (exact) mass is 522 g/mol. The summed E-state index contributed by atoms with van der Waals surface area (Å²) in [6.45, 7) is 4.55. The van der Waals surface area contributed by atoms with Crippen LogP contribution >= 0.6 is 0 Å². The molecular weight excluding hydrogens is 488 g/mol. The van der Waals surface area contributed by atoms with Crippen molar-refractivity contribution in [3.63, 3.8) is 0 Å². The number of hydrogen-bond donors (Lipinski definition) is 1. The Morgan fingerprint density at radius 2 is 1.73 bits per heavy atom. The zero-order valence-corrected chi connectivity index (χ0v) is 22.3. The van der Waals surface area contributed by atoms with Gasteiger partial charge in [0.2, 0.25) is 16.0 Å². The highest BCUT2D eigenvalue weighted by molar-refractivity contribution is 7.89. The molecule has 0 amide bonds. The van der Waals surface area contributed by atoms with E-state index in [0.717, 1.165) is 61.2 Å². The molecule has 2 aromatic heterocycles. The van der Waals surface area contributed by atoms with E-state index in [1.165, 1.54) is 6.42 Å². The van der Waals surface area contributed by atoms with Crippen LogP contribution in [0.4, 0.5) is 11.6 Å². The van der Waals surface area contributed by atoms with Gasteiger partial charge in [0, 0.05) is 61.5 Å². The van der Waals surface area contributed by atoms with Crippen molar-refractivity contribution in [1.82, 2.24) is 23.7 Å². The summed E-state index contributed by atoms with van der Waals surface area (Å²) in [6.07, 6.45) is 7.69. The molecule has 4 heterocycles. The van der Waals surface area contributed by atoms with Crippen LogP contribution in [0, 0.1) is 5.92 Å². The van der Waals surface area contributed by atoms with Crippen molar-refractivity contribution in [2.45, 2.75) is 55.9 Å². The number of sulfonamides is 1. The summed E-state index contributed by atoms with van der Waals surface area (Å²) in [4.78, 5) is 24.8. The third kappa shape index (κ3) is 4.15. The first-order valence-electron chi connectivity index (χ1n) is 13.2. The summed E-state index contributed by atoms with van der Waals surface area (Å²) in [7, 11) is -1.51. The molecule has 196 valence electrons. The number of fused-ring (bicyclic) bond motifs is 4. The molecule has 1 spiro atoms. The second-order valence-corrected chi connectivity index (χ2v) is 12.8. The molecule has 2 fully saturated rings. The Kier molecular flexibility index (Phi) is 6.08. The fourth-order valence-corrected chi connectivity index (χ4v) is 7.81. The van der Waals surface area contributed by atoms with E-state index in [0.29, 0.717) is 31.2 Å². The lowest BCUT2D eigenvalue weighted by molar-refractivity contribution is -0.128. The van der Waals surface area contributed by atoms with Crippen LogP contribution in [0.3, 0.4) is 0 Å². The van der Waals surface area contributed by atoms with Crippen LogP contribution in [-0.2, 0) is 26.8 Å². The van der Waals surface area contributed by atoms with Crippen LogP contribution < -0.4 is 5.32 Å². The van der Waals surface area contributed by atoms with Crippen molar-refractivity contribution in [1.29, 1.82) is 0 Å². The summed E-state index contributed by atoms with van der Waals surface area (Å²) in [5, 5.41) is 4.20. The molecule has 6 rings (SSSR count). The molecule has 0 radical (unpaired) electrons. The second kappa shape index (κ2) is 9.18. The molecule has 3 aromatic rings. The summed E-state index contributed by atoms with van der Waals surface area (Å²) in [5.41, 5.74) is 2.40. The Morgan fingerprint density at radius 1 is 1.03 bits per heavy atom. The van der Waals surface area contributed by atoms with Gasteiger partial charge >= 0.3 is 0 Å². The molecule has 1 atom stereocenters. The van der Waals surface area contributed by atoms with Crippen LogP contribution in [0.2, 0.25) is 0 Å². The largest absolute Gasteiger partial charge is 0.324 e. The molecule has 1 saturated carbocycles. The first-order chi connectivity index (χ1) is 17.8. The van der Waals surface area contributed by atoms with Crippen molar-refractivity contribution >= 4 is 38.5 Å². The zero-order valence-electron chi connectivity index (χ0n) is 21.5. The van der Waals surface area contributed by atoms with Crippen molar-refractivity contribution in [3.8, 4) is 0 Å². The molecular formula is C27H34N6O3S. The van der Waals surface area contributed by atoms with Gasteiger partial charge < -0.3 is 14.8 Å². The number of benzene rings is 1. The van der Waals surface area contributed by atoms with Gasteiger partial charge in [0.25, 0.3) is 0 Å². The van der Waals surface area contributed by atoms with E-state index >= 15 is 0 Å². The number of rotatable bonds is 4. The lowest BCUT2D eigenvalue weighted by atomic mass is 9.69. The summed E-state index contributed by atoms with van der Waals surface area (Å²) in [5.74, 6) is 0.741. The lowest BCUT2D eigenvalue weighted by Gasteiger charge is -2.47. The molecule has 9 nitrogen and oxygen atoms in total. The Morgan fingerprint density at radius 3 is 2.43 bits per heavy atom. The first-order valence-corrected chi connectivity index (χ1v) is 14.7. The van der Waals surface area contributed by atoms with E-state index in [9.17, 15) is 13.2 Å². The minimum absolute atomic E-state index is 0.0305. The second-order valence-electron chi connectivity index (χ2n) is 10.8. The van der Waals surface area contributed by atoms with Crippen LogP contribution in [-0.4, -0.2) is 71.2 Å². The van der Waals surface area contributed by atoms with Crippen LogP contribution in [0.1, 0.15) is 44.7 Å². The quantitative estimate of drug-likeness (QED) is 0.559. The van der Waals surface area contributed by atoms with Crippen molar-refractivity contribution in [3.05, 3.63) is 42.2 Å². The maximum atomic E-state index is 13.0. The number of nitrogens with one attached hydrogen (secondary N) is 1. The van der Waals surface area contributed by atoms with Gasteiger partial charge in [-0.05, 0) is 50.2 Å². The number of aromatic nitrogens is 3. The first kappa shape index (κ1) is 24.5. The van der Waals surface area contributed by atoms with Gasteiger partial charge in [-0.2, -0.15) is 9.29 Å². The molecule has 37 heavy (non-hydrogen) atoms. The minimum Gasteiger partial charge on any atom is -0.324 e. The van der Waals surface area contributed by atoms with E-state index < -0.39 is 10.0 Å². The summed E-state index contributed by atoms with van der Waals surface area (Å²) in [6, 6.07) is 8.86.